The van der Waals surface area contributed by atoms with E-state index in [0.717, 1.165) is 5.69 Å². The van der Waals surface area contributed by atoms with Crippen LogP contribution in [-0.2, 0) is 14.3 Å². The van der Waals surface area contributed by atoms with E-state index in [1.165, 1.54) is 7.11 Å². The van der Waals surface area contributed by atoms with Crippen LogP contribution in [0.15, 0.2) is 30.3 Å². The van der Waals surface area contributed by atoms with Gasteiger partial charge in [0.15, 0.2) is 0 Å². The van der Waals surface area contributed by atoms with Gasteiger partial charge < -0.3 is 20.3 Å². The summed E-state index contributed by atoms with van der Waals surface area (Å²) in [6, 6.07) is 9.04. The Bertz CT molecular complexity index is 598. The van der Waals surface area contributed by atoms with E-state index in [9.17, 15) is 14.4 Å². The van der Waals surface area contributed by atoms with Crippen molar-refractivity contribution in [1.29, 1.82) is 0 Å². The monoisotopic (exact) mass is 347 g/mol. The fraction of sp³-hybridized carbons (Fsp3) is 0.500. The molecule has 2 N–H and O–H groups in total. The number of anilines is 1. The summed E-state index contributed by atoms with van der Waals surface area (Å²) in [6.07, 6.45) is 1.54. The van der Waals surface area contributed by atoms with Gasteiger partial charge in [-0.1, -0.05) is 25.1 Å². The quantitative estimate of drug-likeness (QED) is 0.798. The molecule has 7 nitrogen and oxygen atoms in total. The number of carbonyl (C=O) groups excluding carboxylic acids is 3. The van der Waals surface area contributed by atoms with Crippen LogP contribution >= 0.6 is 0 Å². The Labute approximate surface area is 147 Å². The summed E-state index contributed by atoms with van der Waals surface area (Å²) in [4.78, 5) is 37.4. The molecule has 1 heterocycles. The lowest BCUT2D eigenvalue weighted by Crippen LogP contribution is -2.47. The molecule has 1 aromatic carbocycles. The SMILES string of the molecule is COC(=O)[C@H](C)CC(=O)N1CCC(NC(=O)Nc2ccccc2)CC1. The van der Waals surface area contributed by atoms with E-state index in [1.54, 1.807) is 11.8 Å². The van der Waals surface area contributed by atoms with E-state index in [2.05, 4.69) is 15.4 Å². The van der Waals surface area contributed by atoms with E-state index < -0.39 is 5.92 Å². The van der Waals surface area contributed by atoms with Gasteiger partial charge in [-0.05, 0) is 25.0 Å². The molecule has 1 saturated heterocycles. The van der Waals surface area contributed by atoms with Gasteiger partial charge in [0.05, 0.1) is 13.0 Å². The number of rotatable bonds is 5. The topological polar surface area (TPSA) is 87.7 Å². The van der Waals surface area contributed by atoms with Crippen LogP contribution in [0.1, 0.15) is 26.2 Å². The Morgan fingerprint density at radius 2 is 1.84 bits per heavy atom. The average molecular weight is 347 g/mol. The first kappa shape index (κ1) is 18.8. The fourth-order valence-electron chi connectivity index (χ4n) is 2.82. The molecule has 7 heteroatoms. The van der Waals surface area contributed by atoms with Gasteiger partial charge in [-0.3, -0.25) is 9.59 Å². The summed E-state index contributed by atoms with van der Waals surface area (Å²) in [5.41, 5.74) is 0.740. The standard InChI is InChI=1S/C18H25N3O4/c1-13(17(23)25-2)12-16(22)21-10-8-15(9-11-21)20-18(24)19-14-6-4-3-5-7-14/h3-7,13,15H,8-12H2,1-2H3,(H2,19,20,24)/t13-/m1/s1. The van der Waals surface area contributed by atoms with Crippen molar-refractivity contribution in [2.75, 3.05) is 25.5 Å². The first-order chi connectivity index (χ1) is 12.0. The number of methoxy groups -OCH3 is 1. The maximum absolute atomic E-state index is 12.2. The van der Waals surface area contributed by atoms with Crippen LogP contribution in [0.25, 0.3) is 0 Å². The lowest BCUT2D eigenvalue weighted by molar-refractivity contribution is -0.148. The minimum absolute atomic E-state index is 0.0331. The largest absolute Gasteiger partial charge is 0.469 e. The highest BCUT2D eigenvalue weighted by atomic mass is 16.5. The molecule has 0 unspecified atom stereocenters. The molecular formula is C18H25N3O4. The van der Waals surface area contributed by atoms with E-state index in [1.807, 2.05) is 30.3 Å². The highest BCUT2D eigenvalue weighted by molar-refractivity contribution is 5.89. The first-order valence-corrected chi connectivity index (χ1v) is 8.47. The third-order valence-corrected chi connectivity index (χ3v) is 4.30. The first-order valence-electron chi connectivity index (χ1n) is 8.47. The van der Waals surface area contributed by atoms with E-state index in [4.69, 9.17) is 0 Å². The van der Waals surface area contributed by atoms with Crippen LogP contribution in [0.4, 0.5) is 10.5 Å². The number of nitrogens with zero attached hydrogens (tertiary/aromatic N) is 1. The lowest BCUT2D eigenvalue weighted by atomic mass is 10.0. The van der Waals surface area contributed by atoms with Gasteiger partial charge in [-0.15, -0.1) is 0 Å². The smallest absolute Gasteiger partial charge is 0.319 e. The number of amides is 3. The maximum atomic E-state index is 12.2. The van der Waals surface area contributed by atoms with Crippen LogP contribution < -0.4 is 10.6 Å². The van der Waals surface area contributed by atoms with Crippen LogP contribution in [0.2, 0.25) is 0 Å². The van der Waals surface area contributed by atoms with Crippen molar-refractivity contribution in [3.63, 3.8) is 0 Å². The maximum Gasteiger partial charge on any atom is 0.319 e. The van der Waals surface area contributed by atoms with Crippen LogP contribution in [0.5, 0.6) is 0 Å². The molecule has 0 aliphatic carbocycles. The van der Waals surface area contributed by atoms with Gasteiger partial charge in [0.25, 0.3) is 0 Å². The molecule has 0 spiro atoms. The predicted molar refractivity (Wildman–Crippen MR) is 94.0 cm³/mol. The molecule has 2 rings (SSSR count). The van der Waals surface area contributed by atoms with Gasteiger partial charge in [0, 0.05) is 31.2 Å². The zero-order valence-corrected chi connectivity index (χ0v) is 14.7. The van der Waals surface area contributed by atoms with Crippen molar-refractivity contribution < 1.29 is 19.1 Å². The zero-order valence-electron chi connectivity index (χ0n) is 14.7. The molecule has 0 aromatic heterocycles. The van der Waals surface area contributed by atoms with Gasteiger partial charge in [-0.2, -0.15) is 0 Å². The summed E-state index contributed by atoms with van der Waals surface area (Å²) in [5.74, 6) is -0.863. The average Bonchev–Trinajstić information content (AvgIpc) is 2.62. The number of benzene rings is 1. The summed E-state index contributed by atoms with van der Waals surface area (Å²) >= 11 is 0. The third-order valence-electron chi connectivity index (χ3n) is 4.30. The number of para-hydroxylation sites is 1. The Kier molecular flexibility index (Phi) is 6.80. The number of hydrogen-bond acceptors (Lipinski definition) is 4. The van der Waals surface area contributed by atoms with Crippen LogP contribution in [0, 0.1) is 5.92 Å². The van der Waals surface area contributed by atoms with Crippen molar-refractivity contribution in [1.82, 2.24) is 10.2 Å². The number of carbonyl (C=O) groups is 3. The van der Waals surface area contributed by atoms with Crippen molar-refractivity contribution >= 4 is 23.6 Å². The molecule has 1 atom stereocenters. The summed E-state index contributed by atoms with van der Waals surface area (Å²) < 4.78 is 4.65. The molecule has 3 amide bonds. The van der Waals surface area contributed by atoms with E-state index in [0.29, 0.717) is 25.9 Å². The molecular weight excluding hydrogens is 322 g/mol. The van der Waals surface area contributed by atoms with Gasteiger partial charge in [0.1, 0.15) is 0 Å². The molecule has 136 valence electrons. The van der Waals surface area contributed by atoms with Crippen molar-refractivity contribution in [3.8, 4) is 0 Å². The number of likely N-dealkylation sites (tertiary alicyclic amines) is 1. The molecule has 0 bridgehead atoms. The van der Waals surface area contributed by atoms with Gasteiger partial charge in [-0.25, -0.2) is 4.79 Å². The second-order valence-corrected chi connectivity index (χ2v) is 6.25. The number of hydrogen-bond donors (Lipinski definition) is 2. The number of piperidine rings is 1. The highest BCUT2D eigenvalue weighted by Crippen LogP contribution is 2.15. The normalized spacial score (nSPS) is 16.0. The Morgan fingerprint density at radius 1 is 1.20 bits per heavy atom. The third kappa shape index (κ3) is 5.77. The second-order valence-electron chi connectivity index (χ2n) is 6.25. The summed E-state index contributed by atoms with van der Waals surface area (Å²) in [7, 11) is 1.32. The molecule has 1 aliphatic rings. The van der Waals surface area contributed by atoms with Crippen molar-refractivity contribution in [3.05, 3.63) is 30.3 Å². The molecule has 1 fully saturated rings. The van der Waals surface area contributed by atoms with Crippen LogP contribution in [-0.4, -0.2) is 49.0 Å². The van der Waals surface area contributed by atoms with E-state index >= 15 is 0 Å². The number of esters is 1. The minimum Gasteiger partial charge on any atom is -0.469 e. The Hall–Kier alpha value is -2.57. The van der Waals surface area contributed by atoms with E-state index in [-0.39, 0.29) is 30.4 Å². The predicted octanol–water partition coefficient (Wildman–Crippen LogP) is 2.00. The fourth-order valence-corrected chi connectivity index (χ4v) is 2.82. The highest BCUT2D eigenvalue weighted by Gasteiger charge is 2.26. The number of ether oxygens (including phenoxy) is 1. The molecule has 0 saturated carbocycles. The number of urea groups is 1. The summed E-state index contributed by atoms with van der Waals surface area (Å²) in [6.45, 7) is 2.83. The lowest BCUT2D eigenvalue weighted by Gasteiger charge is -2.32. The zero-order chi connectivity index (χ0) is 18.2. The van der Waals surface area contributed by atoms with Crippen molar-refractivity contribution in [2.24, 2.45) is 5.92 Å². The number of nitrogens with one attached hydrogen (secondary N) is 2. The molecule has 1 aliphatic heterocycles. The van der Waals surface area contributed by atoms with Gasteiger partial charge >= 0.3 is 12.0 Å². The summed E-state index contributed by atoms with van der Waals surface area (Å²) in [5, 5.41) is 5.72. The molecule has 25 heavy (non-hydrogen) atoms. The molecule has 0 radical (unpaired) electrons. The van der Waals surface area contributed by atoms with Crippen LogP contribution in [0.3, 0.4) is 0 Å². The van der Waals surface area contributed by atoms with Gasteiger partial charge in [0.2, 0.25) is 5.91 Å². The van der Waals surface area contributed by atoms with Crippen molar-refractivity contribution in [2.45, 2.75) is 32.2 Å². The Morgan fingerprint density at radius 3 is 2.44 bits per heavy atom. The molecule has 1 aromatic rings. The minimum atomic E-state index is -0.440. The second kappa shape index (κ2) is 9.05. The Balaban J connectivity index is 1.73.